The molecule has 0 spiro atoms. The van der Waals surface area contributed by atoms with E-state index in [0.717, 1.165) is 16.5 Å². The normalized spacial score (nSPS) is 15.2. The van der Waals surface area contributed by atoms with E-state index in [9.17, 15) is 23.6 Å². The van der Waals surface area contributed by atoms with Crippen LogP contribution >= 0.6 is 0 Å². The predicted octanol–water partition coefficient (Wildman–Crippen LogP) is 2.87. The minimum atomic E-state index is -1.45. The molecule has 11 nitrogen and oxygen atoms in total. The molecule has 1 unspecified atom stereocenters. The maximum atomic E-state index is 14.2. The summed E-state index contributed by atoms with van der Waals surface area (Å²) in [5, 5.41) is 12.7. The van der Waals surface area contributed by atoms with Crippen molar-refractivity contribution in [3.05, 3.63) is 120 Å². The number of halogens is 1. The first kappa shape index (κ1) is 34.8. The number of aryl methyl sites for hydroxylation is 1. The highest BCUT2D eigenvalue weighted by molar-refractivity contribution is 5.96. The van der Waals surface area contributed by atoms with Crippen LogP contribution in [0.15, 0.2) is 91.8 Å². The molecule has 1 fully saturated rings. The number of nitrogens with one attached hydrogen (secondary N) is 5. The van der Waals surface area contributed by atoms with Crippen molar-refractivity contribution in [2.45, 2.75) is 50.4 Å². The first-order chi connectivity index (χ1) is 23.6. The van der Waals surface area contributed by atoms with Crippen LogP contribution in [0.3, 0.4) is 0 Å². The number of H-pyrrole nitrogens is 1. The van der Waals surface area contributed by atoms with E-state index in [1.54, 1.807) is 54.4 Å². The number of nitrogens with zero attached hydrogens (tertiary/aromatic N) is 1. The van der Waals surface area contributed by atoms with Crippen LogP contribution in [0.2, 0.25) is 0 Å². The number of carbonyl (C=O) groups excluding carboxylic acids is 4. The highest BCUT2D eigenvalue weighted by Gasteiger charge is 2.45. The number of aromatic amines is 1. The number of hydrogen-bond acceptors (Lipinski definition) is 6. The SMILES string of the molecule is C=CNC(C(=O)NC1(C(=O)N[C@@H](Cc2c[nH]c3ccccc23)C(N)=O)CCN(C(=O)CNCc2ccc(C)c(F)c2)CC1)c1ccccc1. The van der Waals surface area contributed by atoms with Crippen LogP contribution in [-0.2, 0) is 32.1 Å². The Balaban J connectivity index is 1.32. The van der Waals surface area contributed by atoms with E-state index in [1.807, 2.05) is 30.3 Å². The van der Waals surface area contributed by atoms with Gasteiger partial charge in [-0.15, -0.1) is 0 Å². The lowest BCUT2D eigenvalue weighted by atomic mass is 9.85. The summed E-state index contributed by atoms with van der Waals surface area (Å²) in [5.41, 5.74) is 7.95. The van der Waals surface area contributed by atoms with Gasteiger partial charge in [-0.1, -0.05) is 67.2 Å². The fraction of sp³-hybridized carbons (Fsp3) is 0.297. The van der Waals surface area contributed by atoms with Crippen LogP contribution in [0.1, 0.15) is 41.1 Å². The topological polar surface area (TPSA) is 161 Å². The van der Waals surface area contributed by atoms with Gasteiger partial charge in [0.15, 0.2) is 0 Å². The van der Waals surface area contributed by atoms with Gasteiger partial charge in [-0.05, 0) is 60.4 Å². The van der Waals surface area contributed by atoms with Gasteiger partial charge >= 0.3 is 0 Å². The van der Waals surface area contributed by atoms with Crippen LogP contribution in [0, 0.1) is 12.7 Å². The average Bonchev–Trinajstić information content (AvgIpc) is 3.51. The molecule has 2 heterocycles. The molecule has 1 aliphatic rings. The standard InChI is InChI=1S/C37H42FN7O4/c1-3-41-33(26-9-5-4-6-10-26)35(48)44-37(36(49)43-31(34(39)47)20-27-22-42-30-12-8-7-11-28(27)30)15-17-45(18-16-37)32(46)23-40-21-25-14-13-24(2)29(38)19-25/h3-14,19,22,31,33,40-42H,1,15-18,20-21,23H2,2H3,(H2,39,47)(H,43,49)(H,44,48)/t31-,33?/m0/s1. The smallest absolute Gasteiger partial charge is 0.247 e. The zero-order valence-corrected chi connectivity index (χ0v) is 27.4. The van der Waals surface area contributed by atoms with Gasteiger partial charge in [0, 0.05) is 43.2 Å². The van der Waals surface area contributed by atoms with Crippen LogP contribution in [-0.4, -0.2) is 64.7 Å². The molecule has 4 aromatic rings. The Morgan fingerprint density at radius 2 is 1.76 bits per heavy atom. The molecule has 49 heavy (non-hydrogen) atoms. The van der Waals surface area contributed by atoms with Gasteiger partial charge in [-0.2, -0.15) is 0 Å². The van der Waals surface area contributed by atoms with E-state index in [0.29, 0.717) is 23.2 Å². The first-order valence-corrected chi connectivity index (χ1v) is 16.2. The quantitative estimate of drug-likeness (QED) is 0.121. The molecule has 1 aliphatic heterocycles. The van der Waals surface area contributed by atoms with Crippen LogP contribution in [0.4, 0.5) is 4.39 Å². The van der Waals surface area contributed by atoms with Crippen molar-refractivity contribution in [3.8, 4) is 0 Å². The molecule has 0 bridgehead atoms. The molecule has 256 valence electrons. The zero-order chi connectivity index (χ0) is 35.0. The summed E-state index contributed by atoms with van der Waals surface area (Å²) in [6.45, 7) is 6.05. The third kappa shape index (κ3) is 8.33. The van der Waals surface area contributed by atoms with Crippen molar-refractivity contribution in [2.24, 2.45) is 5.73 Å². The third-order valence-electron chi connectivity index (χ3n) is 9.04. The van der Waals surface area contributed by atoms with E-state index in [4.69, 9.17) is 5.73 Å². The zero-order valence-electron chi connectivity index (χ0n) is 27.4. The summed E-state index contributed by atoms with van der Waals surface area (Å²) < 4.78 is 14.0. The molecule has 12 heteroatoms. The number of likely N-dealkylation sites (tertiary alicyclic amines) is 1. The van der Waals surface area contributed by atoms with E-state index in [2.05, 4.69) is 32.8 Å². The fourth-order valence-corrected chi connectivity index (χ4v) is 6.15. The van der Waals surface area contributed by atoms with Gasteiger partial charge in [0.1, 0.15) is 23.4 Å². The van der Waals surface area contributed by atoms with Crippen LogP contribution < -0.4 is 27.0 Å². The van der Waals surface area contributed by atoms with Crippen molar-refractivity contribution in [3.63, 3.8) is 0 Å². The van der Waals surface area contributed by atoms with Gasteiger partial charge in [0.25, 0.3) is 0 Å². The molecule has 4 amide bonds. The molecular formula is C37H42FN7O4. The molecule has 0 aliphatic carbocycles. The Labute approximate surface area is 284 Å². The minimum absolute atomic E-state index is 0.00869. The first-order valence-electron chi connectivity index (χ1n) is 16.2. The highest BCUT2D eigenvalue weighted by Crippen LogP contribution is 2.26. The summed E-state index contributed by atoms with van der Waals surface area (Å²) in [6, 6.07) is 19.6. The second-order valence-electron chi connectivity index (χ2n) is 12.3. The highest BCUT2D eigenvalue weighted by atomic mass is 19.1. The number of primary amides is 1. The van der Waals surface area contributed by atoms with Crippen molar-refractivity contribution < 1.29 is 23.6 Å². The molecule has 5 rings (SSSR count). The van der Waals surface area contributed by atoms with Crippen LogP contribution in [0.25, 0.3) is 10.9 Å². The predicted molar refractivity (Wildman–Crippen MR) is 185 cm³/mol. The van der Waals surface area contributed by atoms with E-state index >= 15 is 0 Å². The lowest BCUT2D eigenvalue weighted by Gasteiger charge is -2.42. The lowest BCUT2D eigenvalue weighted by Crippen LogP contribution is -2.66. The molecule has 2 atom stereocenters. The molecular weight excluding hydrogens is 625 g/mol. The summed E-state index contributed by atoms with van der Waals surface area (Å²) in [4.78, 5) is 58.7. The molecule has 3 aromatic carbocycles. The van der Waals surface area contributed by atoms with Gasteiger partial charge in [-0.25, -0.2) is 4.39 Å². The van der Waals surface area contributed by atoms with E-state index in [-0.39, 0.29) is 50.6 Å². The Morgan fingerprint density at radius 3 is 2.45 bits per heavy atom. The average molecular weight is 668 g/mol. The largest absolute Gasteiger partial charge is 0.377 e. The lowest BCUT2D eigenvalue weighted by molar-refractivity contribution is -0.141. The summed E-state index contributed by atoms with van der Waals surface area (Å²) >= 11 is 0. The molecule has 0 radical (unpaired) electrons. The summed E-state index contributed by atoms with van der Waals surface area (Å²) in [5.74, 6) is -2.27. The van der Waals surface area contributed by atoms with Gasteiger partial charge in [0.05, 0.1) is 6.54 Å². The van der Waals surface area contributed by atoms with E-state index < -0.39 is 35.3 Å². The number of carbonyl (C=O) groups is 4. The fourth-order valence-electron chi connectivity index (χ4n) is 6.15. The minimum Gasteiger partial charge on any atom is -0.377 e. The maximum Gasteiger partial charge on any atom is 0.247 e. The molecule has 1 aromatic heterocycles. The number of nitrogens with two attached hydrogens (primary N) is 1. The van der Waals surface area contributed by atoms with Crippen molar-refractivity contribution >= 4 is 34.5 Å². The summed E-state index contributed by atoms with van der Waals surface area (Å²) in [7, 11) is 0. The maximum absolute atomic E-state index is 14.2. The summed E-state index contributed by atoms with van der Waals surface area (Å²) in [6.07, 6.45) is 3.51. The Bertz CT molecular complexity index is 1820. The van der Waals surface area contributed by atoms with Crippen molar-refractivity contribution in [1.82, 2.24) is 31.2 Å². The number of amides is 4. The third-order valence-corrected chi connectivity index (χ3v) is 9.04. The van der Waals surface area contributed by atoms with E-state index in [1.165, 1.54) is 12.3 Å². The second-order valence-corrected chi connectivity index (χ2v) is 12.3. The molecule has 0 saturated carbocycles. The number of rotatable bonds is 14. The van der Waals surface area contributed by atoms with Crippen molar-refractivity contribution in [2.75, 3.05) is 19.6 Å². The number of benzene rings is 3. The Kier molecular flexibility index (Phi) is 11.1. The van der Waals surface area contributed by atoms with Gasteiger partial charge < -0.3 is 36.9 Å². The monoisotopic (exact) mass is 667 g/mol. The Morgan fingerprint density at radius 1 is 1.04 bits per heavy atom. The van der Waals surface area contributed by atoms with Gasteiger partial charge in [-0.3, -0.25) is 19.2 Å². The Hall–Kier alpha value is -5.49. The number of hydrogen-bond donors (Lipinski definition) is 6. The van der Waals surface area contributed by atoms with Gasteiger partial charge in [0.2, 0.25) is 23.6 Å². The second kappa shape index (κ2) is 15.6. The number of piperidine rings is 1. The number of para-hydroxylation sites is 1. The molecule has 7 N–H and O–H groups in total. The van der Waals surface area contributed by atoms with Crippen molar-refractivity contribution in [1.29, 1.82) is 0 Å². The number of fused-ring (bicyclic) bond motifs is 1. The number of aromatic nitrogens is 1. The molecule has 1 saturated heterocycles. The van der Waals surface area contributed by atoms with Crippen LogP contribution in [0.5, 0.6) is 0 Å².